The van der Waals surface area contributed by atoms with Crippen molar-refractivity contribution in [2.75, 3.05) is 6.61 Å². The fourth-order valence-corrected chi connectivity index (χ4v) is 9.19. The smallest absolute Gasteiger partial charge is 0.249 e. The van der Waals surface area contributed by atoms with Crippen LogP contribution in [0.25, 0.3) is 0 Å². The molecule has 0 saturated heterocycles. The first kappa shape index (κ1) is 61.1. The van der Waals surface area contributed by atoms with E-state index in [1.807, 2.05) is 6.08 Å². The van der Waals surface area contributed by atoms with Crippen LogP contribution in [0.2, 0.25) is 0 Å². The molecule has 62 heavy (non-hydrogen) atoms. The molecule has 0 aliphatic carbocycles. The second kappa shape index (κ2) is 52.7. The maximum absolute atomic E-state index is 12.5. The third kappa shape index (κ3) is 47.1. The topological polar surface area (TPSA) is 89.8 Å². The van der Waals surface area contributed by atoms with Gasteiger partial charge in [0.25, 0.3) is 0 Å². The Morgan fingerprint density at radius 1 is 0.387 bits per heavy atom. The molecule has 0 radical (unpaired) electrons. The molecule has 0 aliphatic heterocycles. The minimum atomic E-state index is -1.09. The summed E-state index contributed by atoms with van der Waals surface area (Å²) in [6, 6.07) is -0.792. The van der Waals surface area contributed by atoms with Crippen LogP contribution in [-0.4, -0.2) is 46.1 Å². The zero-order valence-electron chi connectivity index (χ0n) is 42.3. The summed E-state index contributed by atoms with van der Waals surface area (Å²) in [5, 5.41) is 33.1. The number of aliphatic hydroxyl groups is 3. The van der Waals surface area contributed by atoms with Gasteiger partial charge in [0.05, 0.1) is 18.8 Å². The third-order valence-corrected chi connectivity index (χ3v) is 13.6. The van der Waals surface area contributed by atoms with E-state index >= 15 is 0 Å². The normalized spacial score (nSPS) is 13.3. The van der Waals surface area contributed by atoms with E-state index < -0.39 is 24.2 Å². The van der Waals surface area contributed by atoms with Gasteiger partial charge < -0.3 is 20.6 Å². The van der Waals surface area contributed by atoms with Crippen LogP contribution in [0.5, 0.6) is 0 Å². The van der Waals surface area contributed by atoms with Crippen molar-refractivity contribution in [3.63, 3.8) is 0 Å². The summed E-state index contributed by atoms with van der Waals surface area (Å²) in [7, 11) is 0. The molecule has 4 N–H and O–H groups in total. The molecule has 3 atom stereocenters. The summed E-state index contributed by atoms with van der Waals surface area (Å²) in [6.07, 6.45) is 66.2. The third-order valence-electron chi connectivity index (χ3n) is 13.6. The molecule has 0 aliphatic rings. The van der Waals surface area contributed by atoms with Gasteiger partial charge in [-0.3, -0.25) is 4.79 Å². The van der Waals surface area contributed by atoms with Crippen LogP contribution in [0.15, 0.2) is 12.2 Å². The van der Waals surface area contributed by atoms with Gasteiger partial charge in [0.2, 0.25) is 5.91 Å². The molecular weight excluding hydrogens is 763 g/mol. The zero-order chi connectivity index (χ0) is 45.1. The number of amides is 1. The van der Waals surface area contributed by atoms with E-state index in [1.54, 1.807) is 6.08 Å². The number of rotatable bonds is 53. The van der Waals surface area contributed by atoms with Crippen molar-refractivity contribution in [3.8, 4) is 0 Å². The first-order valence-electron chi connectivity index (χ1n) is 28.5. The number of hydrogen-bond acceptors (Lipinski definition) is 4. The molecule has 0 aromatic carbocycles. The van der Waals surface area contributed by atoms with Gasteiger partial charge >= 0.3 is 0 Å². The molecule has 5 nitrogen and oxygen atoms in total. The number of carbonyl (C=O) groups is 1. The standard InChI is InChI=1S/C57H113NO4/c1-3-5-7-9-11-13-15-16-17-18-19-20-21-22-23-24-25-26-27-28-29-30-31-32-33-34-35-36-37-38-39-40-41-42-44-46-48-50-52-56(61)57(62)58-54(53-59)55(60)51-49-47-45-43-14-12-10-8-6-4-2/h49,51,54-56,59-61H,3-48,50,52-53H2,1-2H3,(H,58,62)/b51-49+. The van der Waals surface area contributed by atoms with Gasteiger partial charge in [-0.1, -0.05) is 315 Å². The molecule has 0 rings (SSSR count). The van der Waals surface area contributed by atoms with Crippen molar-refractivity contribution < 1.29 is 20.1 Å². The molecule has 0 aromatic heterocycles. The molecule has 3 unspecified atom stereocenters. The van der Waals surface area contributed by atoms with E-state index in [-0.39, 0.29) is 6.61 Å². The highest BCUT2D eigenvalue weighted by Crippen LogP contribution is 2.18. The van der Waals surface area contributed by atoms with Crippen molar-refractivity contribution >= 4 is 5.91 Å². The maximum atomic E-state index is 12.5. The molecule has 370 valence electrons. The molecule has 0 heterocycles. The Labute approximate surface area is 389 Å². The average molecular weight is 877 g/mol. The molecule has 0 spiro atoms. The van der Waals surface area contributed by atoms with Crippen LogP contribution < -0.4 is 5.32 Å². The summed E-state index contributed by atoms with van der Waals surface area (Å²) in [5.41, 5.74) is 0. The van der Waals surface area contributed by atoms with Crippen LogP contribution >= 0.6 is 0 Å². The largest absolute Gasteiger partial charge is 0.394 e. The number of nitrogens with one attached hydrogen (secondary N) is 1. The molecule has 0 saturated carbocycles. The Morgan fingerprint density at radius 3 is 0.887 bits per heavy atom. The Hall–Kier alpha value is -0.910. The lowest BCUT2D eigenvalue weighted by atomic mass is 10.0. The highest BCUT2D eigenvalue weighted by Gasteiger charge is 2.22. The van der Waals surface area contributed by atoms with Gasteiger partial charge in [0.15, 0.2) is 0 Å². The van der Waals surface area contributed by atoms with E-state index in [9.17, 15) is 20.1 Å². The van der Waals surface area contributed by atoms with E-state index in [1.165, 1.54) is 270 Å². The molecule has 0 bridgehead atoms. The fraction of sp³-hybridized carbons (Fsp3) is 0.947. The van der Waals surface area contributed by atoms with Crippen LogP contribution in [0, 0.1) is 0 Å². The first-order valence-corrected chi connectivity index (χ1v) is 28.5. The molecule has 0 fully saturated rings. The van der Waals surface area contributed by atoms with E-state index in [0.29, 0.717) is 6.42 Å². The number of unbranched alkanes of at least 4 members (excludes halogenated alkanes) is 45. The van der Waals surface area contributed by atoms with Crippen LogP contribution in [0.3, 0.4) is 0 Å². The number of allylic oxidation sites excluding steroid dienone is 1. The highest BCUT2D eigenvalue weighted by molar-refractivity contribution is 5.80. The second-order valence-electron chi connectivity index (χ2n) is 19.9. The van der Waals surface area contributed by atoms with Crippen molar-refractivity contribution in [1.29, 1.82) is 0 Å². The zero-order valence-corrected chi connectivity index (χ0v) is 42.3. The van der Waals surface area contributed by atoms with Crippen LogP contribution in [0.1, 0.15) is 322 Å². The van der Waals surface area contributed by atoms with Gasteiger partial charge in [0.1, 0.15) is 6.10 Å². The number of hydrogen-bond donors (Lipinski definition) is 4. The van der Waals surface area contributed by atoms with E-state index in [0.717, 1.165) is 32.1 Å². The minimum absolute atomic E-state index is 0.360. The lowest BCUT2D eigenvalue weighted by molar-refractivity contribution is -0.131. The summed E-state index contributed by atoms with van der Waals surface area (Å²) >= 11 is 0. The van der Waals surface area contributed by atoms with Crippen LogP contribution in [0.4, 0.5) is 0 Å². The summed E-state index contributed by atoms with van der Waals surface area (Å²) in [6.45, 7) is 4.18. The van der Waals surface area contributed by atoms with Crippen LogP contribution in [-0.2, 0) is 4.79 Å². The monoisotopic (exact) mass is 876 g/mol. The summed E-state index contributed by atoms with van der Waals surface area (Å²) in [5.74, 6) is -0.499. The van der Waals surface area contributed by atoms with Gasteiger partial charge in [0, 0.05) is 0 Å². The Bertz CT molecular complexity index is 879. The summed E-state index contributed by atoms with van der Waals surface area (Å²) in [4.78, 5) is 12.5. The molecule has 0 aromatic rings. The molecule has 5 heteroatoms. The van der Waals surface area contributed by atoms with Crippen molar-refractivity contribution in [2.45, 2.75) is 340 Å². The second-order valence-corrected chi connectivity index (χ2v) is 19.9. The van der Waals surface area contributed by atoms with E-state index in [2.05, 4.69) is 19.2 Å². The molecule has 1 amide bonds. The predicted octanol–water partition coefficient (Wildman–Crippen LogP) is 17.5. The quantitative estimate of drug-likeness (QED) is 0.0362. The van der Waals surface area contributed by atoms with Gasteiger partial charge in [-0.15, -0.1) is 0 Å². The Kier molecular flexibility index (Phi) is 51.9. The minimum Gasteiger partial charge on any atom is -0.394 e. The number of carbonyl (C=O) groups excluding carboxylic acids is 1. The van der Waals surface area contributed by atoms with Gasteiger partial charge in [-0.25, -0.2) is 0 Å². The maximum Gasteiger partial charge on any atom is 0.249 e. The average Bonchev–Trinajstić information content (AvgIpc) is 3.28. The highest BCUT2D eigenvalue weighted by atomic mass is 16.3. The van der Waals surface area contributed by atoms with Gasteiger partial charge in [-0.05, 0) is 19.3 Å². The molecular formula is C57H113NO4. The number of aliphatic hydroxyl groups excluding tert-OH is 3. The van der Waals surface area contributed by atoms with Crippen molar-refractivity contribution in [2.24, 2.45) is 0 Å². The van der Waals surface area contributed by atoms with E-state index in [4.69, 9.17) is 0 Å². The Balaban J connectivity index is 3.38. The predicted molar refractivity (Wildman–Crippen MR) is 273 cm³/mol. The summed E-state index contributed by atoms with van der Waals surface area (Å²) < 4.78 is 0. The lowest BCUT2D eigenvalue weighted by Crippen LogP contribution is -2.48. The first-order chi connectivity index (χ1) is 30.6. The SMILES string of the molecule is CCCCCCCCCC/C=C/C(O)C(CO)NC(=O)C(O)CCCCCCCCCCCCCCCCCCCCCCCCCCCCCCCCCCCCCCCC. The Morgan fingerprint density at radius 2 is 0.629 bits per heavy atom. The van der Waals surface area contributed by atoms with Crippen molar-refractivity contribution in [1.82, 2.24) is 5.32 Å². The lowest BCUT2D eigenvalue weighted by Gasteiger charge is -2.21. The fourth-order valence-electron chi connectivity index (χ4n) is 9.19. The van der Waals surface area contributed by atoms with Crippen molar-refractivity contribution in [3.05, 3.63) is 12.2 Å². The van der Waals surface area contributed by atoms with Gasteiger partial charge in [-0.2, -0.15) is 0 Å².